The summed E-state index contributed by atoms with van der Waals surface area (Å²) >= 11 is 5.88. The number of sulfonamides is 1. The number of nitrogens with zero attached hydrogens (tertiary/aromatic N) is 3. The normalized spacial score (nSPS) is 17.4. The van der Waals surface area contributed by atoms with Crippen LogP contribution in [-0.4, -0.2) is 36.4 Å². The maximum absolute atomic E-state index is 11.9. The Bertz CT molecular complexity index is 1590. The molecule has 10 heteroatoms. The lowest BCUT2D eigenvalue weighted by molar-refractivity contribution is 0.417. The zero-order valence-corrected chi connectivity index (χ0v) is 23.2. The van der Waals surface area contributed by atoms with Gasteiger partial charge in [-0.05, 0) is 74.1 Å². The van der Waals surface area contributed by atoms with Crippen LogP contribution in [0.4, 0.5) is 11.4 Å². The van der Waals surface area contributed by atoms with Crippen LogP contribution in [0.1, 0.15) is 34.7 Å². The molecule has 1 aliphatic rings. The highest BCUT2D eigenvalue weighted by molar-refractivity contribution is 7.92. The molecule has 2 atom stereocenters. The molecule has 4 aromatic rings. The largest absolute Gasteiger partial charge is 0.494 e. The minimum absolute atomic E-state index is 0.215. The van der Waals surface area contributed by atoms with E-state index in [1.54, 1.807) is 18.3 Å². The smallest absolute Gasteiger partial charge is 0.229 e. The van der Waals surface area contributed by atoms with Gasteiger partial charge in [-0.25, -0.2) is 8.42 Å². The lowest BCUT2D eigenvalue weighted by atomic mass is 9.96. The summed E-state index contributed by atoms with van der Waals surface area (Å²) in [5.41, 5.74) is 6.38. The van der Waals surface area contributed by atoms with E-state index in [2.05, 4.69) is 56.5 Å². The van der Waals surface area contributed by atoms with Crippen molar-refractivity contribution in [2.24, 2.45) is 0 Å². The molecule has 0 aliphatic carbocycles. The van der Waals surface area contributed by atoms with Gasteiger partial charge in [-0.3, -0.25) is 9.71 Å². The zero-order valence-electron chi connectivity index (χ0n) is 21.5. The Labute approximate surface area is 228 Å². The first-order valence-corrected chi connectivity index (χ1v) is 14.4. The number of nitrogens with one attached hydrogen (secondary N) is 2. The first-order chi connectivity index (χ1) is 18.2. The van der Waals surface area contributed by atoms with Crippen molar-refractivity contribution >= 4 is 38.7 Å². The van der Waals surface area contributed by atoms with Crippen LogP contribution >= 0.6 is 12.2 Å². The van der Waals surface area contributed by atoms with Crippen molar-refractivity contribution in [3.63, 3.8) is 0 Å². The summed E-state index contributed by atoms with van der Waals surface area (Å²) in [5, 5.41) is 4.03. The molecule has 1 saturated heterocycles. The molecular weight excluding hydrogens is 518 g/mol. The average Bonchev–Trinajstić information content (AvgIpc) is 3.39. The van der Waals surface area contributed by atoms with Crippen LogP contribution in [0, 0.1) is 13.8 Å². The van der Waals surface area contributed by atoms with Gasteiger partial charge in [-0.1, -0.05) is 24.3 Å². The molecule has 0 spiro atoms. The number of benzene rings is 2. The molecule has 0 unspecified atom stereocenters. The fourth-order valence-electron chi connectivity index (χ4n) is 5.12. The third kappa shape index (κ3) is 4.84. The van der Waals surface area contributed by atoms with Crippen molar-refractivity contribution in [2.75, 3.05) is 23.0 Å². The zero-order chi connectivity index (χ0) is 27.0. The fourth-order valence-corrected chi connectivity index (χ4v) is 6.04. The SMILES string of the molecule is COc1cc(N2C(=S)N[C@H](c3ccccn3)[C@@H]2c2cc(C)n(-c3ccccc3)c2C)ccc1NS(C)(=O)=O. The van der Waals surface area contributed by atoms with Crippen LogP contribution in [0.15, 0.2) is 79.0 Å². The Morgan fingerprint density at radius 2 is 1.74 bits per heavy atom. The number of thiocarbonyl (C=S) groups is 1. The second kappa shape index (κ2) is 10.1. The number of aromatic nitrogens is 2. The van der Waals surface area contributed by atoms with Gasteiger partial charge >= 0.3 is 0 Å². The molecule has 0 radical (unpaired) electrons. The van der Waals surface area contributed by atoms with Gasteiger partial charge in [-0.15, -0.1) is 0 Å². The summed E-state index contributed by atoms with van der Waals surface area (Å²) in [6.45, 7) is 4.21. The van der Waals surface area contributed by atoms with Gasteiger partial charge in [0.1, 0.15) is 5.75 Å². The van der Waals surface area contributed by atoms with Gasteiger partial charge in [0.25, 0.3) is 0 Å². The number of pyridine rings is 1. The molecule has 8 nitrogen and oxygen atoms in total. The highest BCUT2D eigenvalue weighted by Gasteiger charge is 2.42. The van der Waals surface area contributed by atoms with E-state index < -0.39 is 10.0 Å². The van der Waals surface area contributed by atoms with Crippen LogP contribution < -0.4 is 19.7 Å². The van der Waals surface area contributed by atoms with Gasteiger partial charge in [0, 0.05) is 35.0 Å². The second-order valence-corrected chi connectivity index (χ2v) is 11.4. The number of methoxy groups -OCH3 is 1. The lowest BCUT2D eigenvalue weighted by Gasteiger charge is -2.29. The van der Waals surface area contributed by atoms with E-state index in [1.807, 2.05) is 42.5 Å². The maximum Gasteiger partial charge on any atom is 0.229 e. The minimum Gasteiger partial charge on any atom is -0.494 e. The molecule has 1 fully saturated rings. The Kier molecular flexibility index (Phi) is 6.85. The van der Waals surface area contributed by atoms with Crippen LogP contribution in [0.5, 0.6) is 5.75 Å². The second-order valence-electron chi connectivity index (χ2n) is 9.25. The predicted molar refractivity (Wildman–Crippen MR) is 155 cm³/mol. The number of hydrogen-bond acceptors (Lipinski definition) is 5. The monoisotopic (exact) mass is 547 g/mol. The maximum atomic E-state index is 11.9. The number of aryl methyl sites for hydroxylation is 1. The van der Waals surface area contributed by atoms with Crippen LogP contribution in [0.2, 0.25) is 0 Å². The molecule has 196 valence electrons. The van der Waals surface area contributed by atoms with E-state index in [0.717, 1.165) is 40.3 Å². The third-order valence-electron chi connectivity index (χ3n) is 6.66. The molecule has 5 rings (SSSR count). The van der Waals surface area contributed by atoms with Gasteiger partial charge in [0.2, 0.25) is 10.0 Å². The molecule has 0 amide bonds. The van der Waals surface area contributed by atoms with E-state index in [4.69, 9.17) is 17.0 Å². The van der Waals surface area contributed by atoms with Crippen molar-refractivity contribution in [2.45, 2.75) is 25.9 Å². The average molecular weight is 548 g/mol. The minimum atomic E-state index is -3.48. The summed E-state index contributed by atoms with van der Waals surface area (Å²) in [4.78, 5) is 6.70. The fraction of sp³-hybridized carbons (Fsp3) is 0.214. The van der Waals surface area contributed by atoms with E-state index in [1.165, 1.54) is 7.11 Å². The van der Waals surface area contributed by atoms with Crippen molar-refractivity contribution < 1.29 is 13.2 Å². The molecule has 0 saturated carbocycles. The first-order valence-electron chi connectivity index (χ1n) is 12.1. The highest BCUT2D eigenvalue weighted by atomic mass is 32.2. The van der Waals surface area contributed by atoms with Gasteiger partial charge in [0.15, 0.2) is 5.11 Å². The van der Waals surface area contributed by atoms with Crippen molar-refractivity contribution in [1.82, 2.24) is 14.9 Å². The molecule has 1 aliphatic heterocycles. The lowest BCUT2D eigenvalue weighted by Crippen LogP contribution is -2.29. The number of para-hydroxylation sites is 1. The van der Waals surface area contributed by atoms with Crippen molar-refractivity contribution in [1.29, 1.82) is 0 Å². The molecule has 2 N–H and O–H groups in total. The molecule has 0 bridgehead atoms. The van der Waals surface area contributed by atoms with E-state index >= 15 is 0 Å². The van der Waals surface area contributed by atoms with Gasteiger partial charge in [-0.2, -0.15) is 0 Å². The highest BCUT2D eigenvalue weighted by Crippen LogP contribution is 2.45. The number of ether oxygens (including phenoxy) is 1. The van der Waals surface area contributed by atoms with Crippen LogP contribution in [0.3, 0.4) is 0 Å². The Morgan fingerprint density at radius 3 is 2.39 bits per heavy atom. The molecule has 38 heavy (non-hydrogen) atoms. The molecular formula is C28H29N5O3S2. The van der Waals surface area contributed by atoms with Gasteiger partial charge in [0.05, 0.1) is 36.8 Å². The number of anilines is 2. The standard InChI is InChI=1S/C28H29N5O3S2/c1-18-16-22(19(2)32(18)20-10-6-5-7-11-20)27-26(24-12-8-9-15-29-24)30-28(37)33(27)21-13-14-23(25(17-21)36-3)31-38(4,34)35/h5-17,26-27,31H,1-4H3,(H,30,37)/t26-,27+/m1/s1. The number of hydrogen-bond donors (Lipinski definition) is 2. The van der Waals surface area contributed by atoms with Crippen LogP contribution in [-0.2, 0) is 10.0 Å². The molecule has 2 aromatic heterocycles. The van der Waals surface area contributed by atoms with E-state index in [9.17, 15) is 8.42 Å². The summed E-state index contributed by atoms with van der Waals surface area (Å²) in [6.07, 6.45) is 2.89. The van der Waals surface area contributed by atoms with Crippen molar-refractivity contribution in [3.8, 4) is 11.4 Å². The Balaban J connectivity index is 1.66. The Morgan fingerprint density at radius 1 is 1.00 bits per heavy atom. The predicted octanol–water partition coefficient (Wildman–Crippen LogP) is 5.05. The summed E-state index contributed by atoms with van der Waals surface area (Å²) in [6, 6.07) is 23.2. The summed E-state index contributed by atoms with van der Waals surface area (Å²) in [7, 11) is -1.97. The Hall–Kier alpha value is -3.89. The molecule has 3 heterocycles. The number of rotatable bonds is 7. The topological polar surface area (TPSA) is 88.5 Å². The quantitative estimate of drug-likeness (QED) is 0.313. The van der Waals surface area contributed by atoms with Crippen molar-refractivity contribution in [3.05, 3.63) is 102 Å². The summed E-state index contributed by atoms with van der Waals surface area (Å²) < 4.78 is 34.0. The third-order valence-corrected chi connectivity index (χ3v) is 7.57. The van der Waals surface area contributed by atoms with E-state index in [-0.39, 0.29) is 12.1 Å². The van der Waals surface area contributed by atoms with E-state index in [0.29, 0.717) is 16.5 Å². The molecule has 2 aromatic carbocycles. The summed E-state index contributed by atoms with van der Waals surface area (Å²) in [5.74, 6) is 0.394. The van der Waals surface area contributed by atoms with Gasteiger partial charge < -0.3 is 19.5 Å². The van der Waals surface area contributed by atoms with Crippen LogP contribution in [0.25, 0.3) is 5.69 Å². The first kappa shape index (κ1) is 25.7.